The summed E-state index contributed by atoms with van der Waals surface area (Å²) in [5.41, 5.74) is 15.9. The monoisotopic (exact) mass is 528 g/mol. The molecule has 0 N–H and O–H groups in total. The smallest absolute Gasteiger partial charge is 0.00201 e. The summed E-state index contributed by atoms with van der Waals surface area (Å²) in [4.78, 5) is 0. The molecule has 0 heteroatoms. The van der Waals surface area contributed by atoms with Crippen molar-refractivity contribution in [2.24, 2.45) is 0 Å². The van der Waals surface area contributed by atoms with Gasteiger partial charge in [-0.15, -0.1) is 0 Å². The van der Waals surface area contributed by atoms with Gasteiger partial charge in [0.05, 0.1) is 0 Å². The van der Waals surface area contributed by atoms with E-state index in [0.717, 1.165) is 0 Å². The van der Waals surface area contributed by atoms with Crippen molar-refractivity contribution in [3.05, 3.63) is 146 Å². The molecule has 8 aromatic carbocycles. The van der Waals surface area contributed by atoms with Gasteiger partial charge in [-0.05, 0) is 99.1 Å². The van der Waals surface area contributed by atoms with E-state index in [0.29, 0.717) is 0 Å². The van der Waals surface area contributed by atoms with Gasteiger partial charge in [-0.3, -0.25) is 0 Å². The van der Waals surface area contributed by atoms with Crippen LogP contribution >= 0.6 is 0 Å². The van der Waals surface area contributed by atoms with Crippen molar-refractivity contribution in [2.75, 3.05) is 0 Å². The quantitative estimate of drug-likeness (QED) is 0.209. The van der Waals surface area contributed by atoms with Gasteiger partial charge in [-0.25, -0.2) is 0 Å². The highest BCUT2D eigenvalue weighted by atomic mass is 14.3. The summed E-state index contributed by atoms with van der Waals surface area (Å²) in [5.74, 6) is 0. The first-order valence-corrected chi connectivity index (χ1v) is 14.7. The molecular weight excluding hydrogens is 504 g/mol. The molecule has 2 aliphatic carbocycles. The van der Waals surface area contributed by atoms with Crippen LogP contribution in [0.5, 0.6) is 0 Å². The van der Waals surface area contributed by atoms with E-state index in [-0.39, 0.29) is 0 Å². The van der Waals surface area contributed by atoms with Crippen LogP contribution in [0.2, 0.25) is 0 Å². The molecule has 0 saturated heterocycles. The summed E-state index contributed by atoms with van der Waals surface area (Å²) in [6, 6.07) is 54.2. The van der Waals surface area contributed by atoms with Crippen molar-refractivity contribution in [2.45, 2.75) is 0 Å². The van der Waals surface area contributed by atoms with E-state index in [4.69, 9.17) is 0 Å². The Hall–Kier alpha value is -5.46. The lowest BCUT2D eigenvalue weighted by Gasteiger charge is -2.16. The van der Waals surface area contributed by atoms with Crippen molar-refractivity contribution >= 4 is 32.3 Å². The summed E-state index contributed by atoms with van der Waals surface area (Å²) >= 11 is 0. The van der Waals surface area contributed by atoms with Gasteiger partial charge in [0.2, 0.25) is 0 Å². The minimum atomic E-state index is 1.28. The van der Waals surface area contributed by atoms with Gasteiger partial charge < -0.3 is 0 Å². The summed E-state index contributed by atoms with van der Waals surface area (Å²) in [6.07, 6.45) is 0. The predicted molar refractivity (Wildman–Crippen MR) is 179 cm³/mol. The van der Waals surface area contributed by atoms with E-state index in [1.54, 1.807) is 0 Å². The van der Waals surface area contributed by atoms with Crippen LogP contribution < -0.4 is 0 Å². The maximum atomic E-state index is 2.35. The second-order valence-electron chi connectivity index (χ2n) is 11.6. The first-order chi connectivity index (χ1) is 20.9. The van der Waals surface area contributed by atoms with Crippen molar-refractivity contribution in [3.63, 3.8) is 0 Å². The highest BCUT2D eigenvalue weighted by molar-refractivity contribution is 6.22. The molecule has 0 unspecified atom stereocenters. The molecule has 0 amide bonds. The van der Waals surface area contributed by atoms with Gasteiger partial charge in [-0.2, -0.15) is 0 Å². The van der Waals surface area contributed by atoms with Gasteiger partial charge in [0.25, 0.3) is 0 Å². The number of rotatable bonds is 2. The van der Waals surface area contributed by atoms with Crippen LogP contribution in [0.15, 0.2) is 146 Å². The van der Waals surface area contributed by atoms with Crippen LogP contribution in [0.1, 0.15) is 0 Å². The lowest BCUT2D eigenvalue weighted by molar-refractivity contribution is 1.66. The van der Waals surface area contributed by atoms with Crippen LogP contribution in [0.4, 0.5) is 0 Å². The third kappa shape index (κ3) is 2.77. The Morgan fingerprint density at radius 3 is 0.833 bits per heavy atom. The minimum absolute atomic E-state index is 1.28. The normalized spacial score (nSPS) is 12.3. The Labute approximate surface area is 244 Å². The highest BCUT2D eigenvalue weighted by Gasteiger charge is 2.25. The zero-order chi connectivity index (χ0) is 27.4. The van der Waals surface area contributed by atoms with E-state index in [2.05, 4.69) is 146 Å². The third-order valence-corrected chi connectivity index (χ3v) is 9.60. The van der Waals surface area contributed by atoms with Gasteiger partial charge in [0.1, 0.15) is 0 Å². The predicted octanol–water partition coefficient (Wildman–Crippen LogP) is 11.8. The fraction of sp³-hybridized carbons (Fsp3) is 0. The summed E-state index contributed by atoms with van der Waals surface area (Å²) in [7, 11) is 0. The molecule has 8 aromatic rings. The van der Waals surface area contributed by atoms with E-state index in [1.165, 1.54) is 99.1 Å². The molecule has 0 atom stereocenters. The summed E-state index contributed by atoms with van der Waals surface area (Å²) in [6.45, 7) is 0. The second kappa shape index (κ2) is 8.06. The average Bonchev–Trinajstić information content (AvgIpc) is 3.56. The standard InChI is InChI=1S/C42H24/c1-2-10-26-25(9-1)31(33-21-23-39-29-13-5-3-11-27(29)35-15-7-17-37(33)41(35)39)19-20-32(26)34-22-24-40-30-14-6-4-12-28(30)36-16-8-18-38(34)42(36)40/h1-24H. The molecule has 0 aliphatic heterocycles. The highest BCUT2D eigenvalue weighted by Crippen LogP contribution is 2.52. The van der Waals surface area contributed by atoms with E-state index >= 15 is 0 Å². The third-order valence-electron chi connectivity index (χ3n) is 9.60. The molecule has 0 radical (unpaired) electrons. The topological polar surface area (TPSA) is 0 Å². The SMILES string of the molecule is c1ccc2c(c1)-c1cccc3c(-c4ccc(-c5ccc6c7c(cccc57)-c5ccccc5-6)c5ccccc45)ccc-2c13. The second-order valence-corrected chi connectivity index (χ2v) is 11.6. The number of hydrogen-bond donors (Lipinski definition) is 0. The van der Waals surface area contributed by atoms with Crippen LogP contribution in [-0.2, 0) is 0 Å². The maximum absolute atomic E-state index is 2.35. The molecule has 192 valence electrons. The van der Waals surface area contributed by atoms with Gasteiger partial charge in [-0.1, -0.05) is 146 Å². The Balaban J connectivity index is 1.22. The zero-order valence-electron chi connectivity index (χ0n) is 22.9. The van der Waals surface area contributed by atoms with Crippen LogP contribution in [0.25, 0.3) is 99.1 Å². The fourth-order valence-electron chi connectivity index (χ4n) is 7.86. The van der Waals surface area contributed by atoms with Gasteiger partial charge in [0, 0.05) is 0 Å². The van der Waals surface area contributed by atoms with E-state index in [9.17, 15) is 0 Å². The first kappa shape index (κ1) is 22.3. The maximum Gasteiger partial charge on any atom is -0.00201 e. The molecule has 0 heterocycles. The molecule has 0 saturated carbocycles. The lowest BCUT2D eigenvalue weighted by atomic mass is 9.87. The molecule has 0 nitrogen and oxygen atoms in total. The molecule has 0 fully saturated rings. The van der Waals surface area contributed by atoms with Crippen LogP contribution in [-0.4, -0.2) is 0 Å². The van der Waals surface area contributed by atoms with Crippen molar-refractivity contribution in [1.29, 1.82) is 0 Å². The van der Waals surface area contributed by atoms with Gasteiger partial charge >= 0.3 is 0 Å². The zero-order valence-corrected chi connectivity index (χ0v) is 22.9. The Kier molecular flexibility index (Phi) is 4.27. The van der Waals surface area contributed by atoms with Crippen LogP contribution in [0.3, 0.4) is 0 Å². The molecule has 0 aromatic heterocycles. The molecule has 2 aliphatic rings. The number of hydrogen-bond acceptors (Lipinski definition) is 0. The fourth-order valence-corrected chi connectivity index (χ4v) is 7.86. The average molecular weight is 529 g/mol. The molecule has 0 bridgehead atoms. The molecular formula is C42H24. The van der Waals surface area contributed by atoms with E-state index in [1.807, 2.05) is 0 Å². The Morgan fingerprint density at radius 1 is 0.167 bits per heavy atom. The van der Waals surface area contributed by atoms with Crippen molar-refractivity contribution in [1.82, 2.24) is 0 Å². The minimum Gasteiger partial charge on any atom is -0.0616 e. The van der Waals surface area contributed by atoms with Crippen LogP contribution in [0, 0.1) is 0 Å². The largest absolute Gasteiger partial charge is 0.0616 e. The molecule has 10 rings (SSSR count). The van der Waals surface area contributed by atoms with Crippen molar-refractivity contribution in [3.8, 4) is 66.8 Å². The lowest BCUT2D eigenvalue weighted by Crippen LogP contribution is -1.89. The van der Waals surface area contributed by atoms with Gasteiger partial charge in [0.15, 0.2) is 0 Å². The number of benzene rings is 8. The number of fused-ring (bicyclic) bond motifs is 7. The Bertz CT molecular complexity index is 2230. The first-order valence-electron chi connectivity index (χ1n) is 14.7. The molecule has 0 spiro atoms. The molecule has 42 heavy (non-hydrogen) atoms. The van der Waals surface area contributed by atoms with Crippen molar-refractivity contribution < 1.29 is 0 Å². The Morgan fingerprint density at radius 2 is 0.429 bits per heavy atom. The summed E-state index contributed by atoms with van der Waals surface area (Å²) in [5, 5.41) is 7.97. The summed E-state index contributed by atoms with van der Waals surface area (Å²) < 4.78 is 0. The van der Waals surface area contributed by atoms with E-state index < -0.39 is 0 Å².